The Bertz CT molecular complexity index is 1450. The largest absolute Gasteiger partial charge is 0.417 e. The van der Waals surface area contributed by atoms with E-state index in [9.17, 15) is 31.5 Å². The molecule has 2 saturated heterocycles. The van der Waals surface area contributed by atoms with Crippen molar-refractivity contribution in [3.63, 3.8) is 0 Å². The molecule has 1 amide bonds. The number of aliphatic hydroxyl groups excluding tert-OH is 1. The highest BCUT2D eigenvalue weighted by Crippen LogP contribution is 2.40. The lowest BCUT2D eigenvalue weighted by molar-refractivity contribution is -0.139. The molecular formula is C28H39F3N6O5S2. The summed E-state index contributed by atoms with van der Waals surface area (Å²) in [4.78, 5) is 16.2. The van der Waals surface area contributed by atoms with Crippen LogP contribution < -0.4 is 5.32 Å². The maximum absolute atomic E-state index is 14.0. The van der Waals surface area contributed by atoms with Gasteiger partial charge in [0.1, 0.15) is 0 Å². The first-order chi connectivity index (χ1) is 20.8. The molecule has 0 bridgehead atoms. The Kier molecular flexibility index (Phi) is 10.3. The van der Waals surface area contributed by atoms with Gasteiger partial charge < -0.3 is 15.2 Å². The average molecular weight is 661 g/mol. The SMILES string of the molecule is CC1C(=O)NCCN1CC(O)Cn1nc(-c2ccc(C(F)(F)F)c(SCCN3CCOCC3)c2)c2c1CCN(S(C)(=O)=O)C2. The van der Waals surface area contributed by atoms with Crippen LogP contribution in [0, 0.1) is 0 Å². The quantitative estimate of drug-likeness (QED) is 0.366. The van der Waals surface area contributed by atoms with Crippen LogP contribution in [-0.2, 0) is 45.2 Å². The summed E-state index contributed by atoms with van der Waals surface area (Å²) in [5.41, 5.74) is 1.48. The van der Waals surface area contributed by atoms with Crippen molar-refractivity contribution in [2.75, 3.05) is 71.0 Å². The molecule has 2 fully saturated rings. The highest BCUT2D eigenvalue weighted by molar-refractivity contribution is 7.99. The molecule has 44 heavy (non-hydrogen) atoms. The Balaban J connectivity index is 1.44. The second kappa shape index (κ2) is 13.6. The molecule has 16 heteroatoms. The second-order valence-electron chi connectivity index (χ2n) is 11.4. The molecule has 5 rings (SSSR count). The van der Waals surface area contributed by atoms with Crippen LogP contribution in [0.25, 0.3) is 11.3 Å². The minimum absolute atomic E-state index is 0.0312. The fraction of sp³-hybridized carbons (Fsp3) is 0.643. The monoisotopic (exact) mass is 660 g/mol. The van der Waals surface area contributed by atoms with Crippen LogP contribution in [-0.4, -0.2) is 126 Å². The van der Waals surface area contributed by atoms with Crippen molar-refractivity contribution in [3.8, 4) is 11.3 Å². The number of morpholine rings is 1. The second-order valence-corrected chi connectivity index (χ2v) is 14.5. The molecule has 0 spiro atoms. The summed E-state index contributed by atoms with van der Waals surface area (Å²) in [5.74, 6) is 0.351. The number of piperazine rings is 1. The highest BCUT2D eigenvalue weighted by Gasteiger charge is 2.35. The number of aliphatic hydroxyl groups is 1. The Morgan fingerprint density at radius 1 is 1.18 bits per heavy atom. The number of halogens is 3. The van der Waals surface area contributed by atoms with Crippen LogP contribution in [0.15, 0.2) is 23.1 Å². The molecule has 3 aliphatic rings. The molecule has 1 aromatic carbocycles. The summed E-state index contributed by atoms with van der Waals surface area (Å²) in [6, 6.07) is 3.54. The average Bonchev–Trinajstić information content (AvgIpc) is 3.32. The van der Waals surface area contributed by atoms with E-state index in [1.54, 1.807) is 11.6 Å². The number of aromatic nitrogens is 2. The number of sulfonamides is 1. The van der Waals surface area contributed by atoms with Crippen LogP contribution in [0.2, 0.25) is 0 Å². The number of amides is 1. The number of nitrogens with one attached hydrogen (secondary N) is 1. The Morgan fingerprint density at radius 2 is 1.93 bits per heavy atom. The molecule has 2 atom stereocenters. The molecule has 4 heterocycles. The first kappa shape index (κ1) is 33.2. The van der Waals surface area contributed by atoms with Gasteiger partial charge >= 0.3 is 6.18 Å². The number of nitrogens with zero attached hydrogens (tertiary/aromatic N) is 5. The fourth-order valence-electron chi connectivity index (χ4n) is 5.87. The number of ether oxygens (including phenoxy) is 1. The van der Waals surface area contributed by atoms with E-state index in [-0.39, 0.29) is 37.0 Å². The number of benzene rings is 1. The van der Waals surface area contributed by atoms with E-state index in [2.05, 4.69) is 10.2 Å². The minimum Gasteiger partial charge on any atom is -0.390 e. The van der Waals surface area contributed by atoms with Crippen molar-refractivity contribution in [3.05, 3.63) is 35.0 Å². The van der Waals surface area contributed by atoms with E-state index in [4.69, 9.17) is 9.84 Å². The molecule has 2 unspecified atom stereocenters. The van der Waals surface area contributed by atoms with Gasteiger partial charge in [0.25, 0.3) is 0 Å². The third kappa shape index (κ3) is 7.77. The maximum atomic E-state index is 14.0. The Labute approximate surface area is 259 Å². The van der Waals surface area contributed by atoms with Crippen molar-refractivity contribution < 1.29 is 36.2 Å². The lowest BCUT2D eigenvalue weighted by Crippen LogP contribution is -2.55. The maximum Gasteiger partial charge on any atom is 0.417 e. The van der Waals surface area contributed by atoms with Gasteiger partial charge in [-0.05, 0) is 19.1 Å². The molecule has 11 nitrogen and oxygen atoms in total. The van der Waals surface area contributed by atoms with Gasteiger partial charge in [-0.25, -0.2) is 8.42 Å². The number of hydrogen-bond donors (Lipinski definition) is 2. The summed E-state index contributed by atoms with van der Waals surface area (Å²) in [7, 11) is -3.53. The van der Waals surface area contributed by atoms with E-state index < -0.39 is 33.9 Å². The van der Waals surface area contributed by atoms with Gasteiger partial charge in [0.15, 0.2) is 0 Å². The summed E-state index contributed by atoms with van der Waals surface area (Å²) in [5, 5.41) is 18.6. The van der Waals surface area contributed by atoms with Gasteiger partial charge in [0, 0.05) is 86.2 Å². The normalized spacial score (nSPS) is 21.7. The molecule has 2 aromatic rings. The Hall–Kier alpha value is -2.21. The Morgan fingerprint density at radius 3 is 2.64 bits per heavy atom. The highest BCUT2D eigenvalue weighted by atomic mass is 32.2. The minimum atomic E-state index is -4.54. The summed E-state index contributed by atoms with van der Waals surface area (Å²) >= 11 is 1.13. The number of thioether (sulfide) groups is 1. The predicted molar refractivity (Wildman–Crippen MR) is 160 cm³/mol. The van der Waals surface area contributed by atoms with Crippen LogP contribution in [0.5, 0.6) is 0 Å². The molecular weight excluding hydrogens is 621 g/mol. The van der Waals surface area contributed by atoms with Gasteiger partial charge in [-0.2, -0.15) is 22.6 Å². The summed E-state index contributed by atoms with van der Waals surface area (Å²) in [6.45, 7) is 6.74. The predicted octanol–water partition coefficient (Wildman–Crippen LogP) is 1.49. The van der Waals surface area contributed by atoms with Crippen LogP contribution >= 0.6 is 11.8 Å². The van der Waals surface area contributed by atoms with Crippen molar-refractivity contribution >= 4 is 27.7 Å². The topological polar surface area (TPSA) is 120 Å². The third-order valence-corrected chi connectivity index (χ3v) is 10.6. The van der Waals surface area contributed by atoms with Crippen LogP contribution in [0.4, 0.5) is 13.2 Å². The summed E-state index contributed by atoms with van der Waals surface area (Å²) < 4.78 is 75.3. The number of hydrogen-bond acceptors (Lipinski definition) is 9. The lowest BCUT2D eigenvalue weighted by Gasteiger charge is -2.34. The fourth-order valence-corrected chi connectivity index (χ4v) is 7.78. The number of carbonyl (C=O) groups is 1. The zero-order valence-electron chi connectivity index (χ0n) is 24.8. The molecule has 1 aromatic heterocycles. The van der Waals surface area contributed by atoms with E-state index in [0.717, 1.165) is 42.9 Å². The molecule has 0 radical (unpaired) electrons. The van der Waals surface area contributed by atoms with Crippen molar-refractivity contribution in [2.45, 2.75) is 49.7 Å². The number of alkyl halides is 3. The zero-order chi connectivity index (χ0) is 31.6. The lowest BCUT2D eigenvalue weighted by atomic mass is 10.0. The molecule has 0 saturated carbocycles. The van der Waals surface area contributed by atoms with E-state index in [1.165, 1.54) is 16.4 Å². The van der Waals surface area contributed by atoms with Crippen LogP contribution in [0.3, 0.4) is 0 Å². The molecule has 244 valence electrons. The van der Waals surface area contributed by atoms with Gasteiger partial charge in [-0.3, -0.25) is 19.3 Å². The molecule has 3 aliphatic heterocycles. The number of carbonyl (C=O) groups excluding carboxylic acids is 1. The number of β-amino-alcohol motifs (C(OH)–C–C–N with tert-alkyl or cyclic N) is 1. The van der Waals surface area contributed by atoms with Gasteiger partial charge in [0.2, 0.25) is 15.9 Å². The first-order valence-electron chi connectivity index (χ1n) is 14.7. The number of fused-ring (bicyclic) bond motifs is 1. The van der Waals surface area contributed by atoms with E-state index in [1.807, 2.05) is 4.90 Å². The van der Waals surface area contributed by atoms with Gasteiger partial charge in [0.05, 0.1) is 49.4 Å². The zero-order valence-corrected chi connectivity index (χ0v) is 26.5. The van der Waals surface area contributed by atoms with Gasteiger partial charge in [-0.15, -0.1) is 11.8 Å². The van der Waals surface area contributed by atoms with Crippen molar-refractivity contribution in [1.82, 2.24) is 29.2 Å². The van der Waals surface area contributed by atoms with Crippen molar-refractivity contribution in [1.29, 1.82) is 0 Å². The standard InChI is InChI=1S/C28H39F3N6O5S2/c1-19-27(39)32-6-8-35(19)16-21(38)17-37-24-5-7-36(44(2,40)41)18-22(24)26(33-37)20-3-4-23(28(29,30)31)25(15-20)43-14-11-34-9-12-42-13-10-34/h3-4,15,19,21,38H,5-14,16-18H2,1-2H3,(H,32,39). The van der Waals surface area contributed by atoms with E-state index >= 15 is 0 Å². The van der Waals surface area contributed by atoms with Crippen LogP contribution in [0.1, 0.15) is 23.7 Å². The summed E-state index contributed by atoms with van der Waals surface area (Å²) in [6.07, 6.45) is -3.96. The van der Waals surface area contributed by atoms with E-state index in [0.29, 0.717) is 61.8 Å². The molecule has 0 aliphatic carbocycles. The number of rotatable bonds is 10. The molecule has 2 N–H and O–H groups in total. The van der Waals surface area contributed by atoms with Crippen molar-refractivity contribution in [2.24, 2.45) is 0 Å². The first-order valence-corrected chi connectivity index (χ1v) is 17.5. The smallest absolute Gasteiger partial charge is 0.390 e. The van der Waals surface area contributed by atoms with Gasteiger partial charge in [-0.1, -0.05) is 6.07 Å². The third-order valence-electron chi connectivity index (χ3n) is 8.35.